The van der Waals surface area contributed by atoms with Crippen LogP contribution in [0.25, 0.3) is 22.2 Å². The van der Waals surface area contributed by atoms with Crippen molar-refractivity contribution in [3.8, 4) is 11.3 Å². The Morgan fingerprint density at radius 3 is 3.04 bits per heavy atom. The van der Waals surface area contributed by atoms with Crippen LogP contribution in [0.2, 0.25) is 0 Å². The molecule has 1 aliphatic carbocycles. The molecule has 4 atom stereocenters. The van der Waals surface area contributed by atoms with Crippen LogP contribution in [0, 0.1) is 5.92 Å². The van der Waals surface area contributed by atoms with E-state index in [2.05, 4.69) is 46.4 Å². The van der Waals surface area contributed by atoms with Gasteiger partial charge in [-0.2, -0.15) is 0 Å². The third-order valence-corrected chi connectivity index (χ3v) is 6.57. The Morgan fingerprint density at radius 1 is 1.09 bits per heavy atom. The minimum Gasteiger partial charge on any atom is -0.346 e. The Morgan fingerprint density at radius 2 is 2.04 bits per heavy atom. The number of piperidine rings is 1. The number of fused-ring (bicyclic) bond motifs is 4. The van der Waals surface area contributed by atoms with Crippen LogP contribution in [0.5, 0.6) is 0 Å². The lowest BCUT2D eigenvalue weighted by Gasteiger charge is -2.53. The van der Waals surface area contributed by atoms with Crippen molar-refractivity contribution in [3.63, 3.8) is 0 Å². The zero-order valence-electron chi connectivity index (χ0n) is 13.2. The molecule has 2 bridgehead atoms. The van der Waals surface area contributed by atoms with Crippen LogP contribution in [-0.2, 0) is 0 Å². The van der Waals surface area contributed by atoms with Crippen molar-refractivity contribution in [2.45, 2.75) is 43.7 Å². The van der Waals surface area contributed by atoms with E-state index in [1.54, 1.807) is 0 Å². The summed E-state index contributed by atoms with van der Waals surface area (Å²) in [6.07, 6.45) is 7.74. The monoisotopic (exact) mass is 303 g/mol. The van der Waals surface area contributed by atoms with Gasteiger partial charge in [-0.05, 0) is 50.3 Å². The van der Waals surface area contributed by atoms with Crippen LogP contribution in [0.1, 0.15) is 43.3 Å². The van der Waals surface area contributed by atoms with Crippen molar-refractivity contribution in [3.05, 3.63) is 42.2 Å². The van der Waals surface area contributed by atoms with Gasteiger partial charge in [-0.3, -0.25) is 0 Å². The molecule has 116 valence electrons. The Kier molecular flexibility index (Phi) is 2.37. The molecule has 1 aromatic carbocycles. The van der Waals surface area contributed by atoms with E-state index in [-0.39, 0.29) is 0 Å². The molecule has 0 radical (unpaired) electrons. The van der Waals surface area contributed by atoms with Gasteiger partial charge >= 0.3 is 0 Å². The van der Waals surface area contributed by atoms with Gasteiger partial charge in [0.1, 0.15) is 0 Å². The fourth-order valence-electron chi connectivity index (χ4n) is 5.69. The van der Waals surface area contributed by atoms with Gasteiger partial charge in [0.25, 0.3) is 0 Å². The highest BCUT2D eigenvalue weighted by Crippen LogP contribution is 2.53. The highest BCUT2D eigenvalue weighted by atomic mass is 15.1. The van der Waals surface area contributed by atoms with Gasteiger partial charge in [-0.15, -0.1) is 0 Å². The van der Waals surface area contributed by atoms with Crippen LogP contribution in [0.3, 0.4) is 0 Å². The second kappa shape index (κ2) is 4.35. The van der Waals surface area contributed by atoms with E-state index in [1.165, 1.54) is 54.6 Å². The van der Waals surface area contributed by atoms with Gasteiger partial charge in [-0.25, -0.2) is 4.98 Å². The molecule has 23 heavy (non-hydrogen) atoms. The van der Waals surface area contributed by atoms with Crippen molar-refractivity contribution in [1.82, 2.24) is 14.9 Å². The average molecular weight is 303 g/mol. The minimum absolute atomic E-state index is 0.637. The fourth-order valence-corrected chi connectivity index (χ4v) is 5.69. The SMILES string of the molecule is c1ccc2c3ccn4c(c-3nc2c1)[C@H]1CC[C@@H]4[C@@H]2CCCN[C@@H]21. The van der Waals surface area contributed by atoms with Crippen LogP contribution in [0.15, 0.2) is 36.5 Å². The summed E-state index contributed by atoms with van der Waals surface area (Å²) in [7, 11) is 0. The second-order valence-electron chi connectivity index (χ2n) is 7.54. The molecule has 1 saturated heterocycles. The normalized spacial score (nSPS) is 32.2. The molecule has 0 aromatic heterocycles. The Hall–Kier alpha value is -1.87. The standard InChI is InChI=1S/C20H21N3/c1-2-6-16-12(4-1)13-9-11-23-17-8-7-15(20(23)19(13)22-16)18-14(17)5-3-10-21-18/h1-2,4,6,9,11,14-15,17-18,21H,3,5,7-8,10H2/t14-,15-,17+,18-/m0/s1. The van der Waals surface area contributed by atoms with E-state index in [9.17, 15) is 0 Å². The molecule has 6 aliphatic rings. The lowest BCUT2D eigenvalue weighted by Crippen LogP contribution is -2.55. The van der Waals surface area contributed by atoms with Gasteiger partial charge in [-0.1, -0.05) is 18.2 Å². The lowest BCUT2D eigenvalue weighted by atomic mass is 9.65. The molecule has 3 nitrogen and oxygen atoms in total. The first-order valence-corrected chi connectivity index (χ1v) is 9.04. The first-order valence-electron chi connectivity index (χ1n) is 9.04. The fraction of sp³-hybridized carbons (Fsp3) is 0.450. The quantitative estimate of drug-likeness (QED) is 0.681. The Bertz CT molecular complexity index is 880. The van der Waals surface area contributed by atoms with Crippen molar-refractivity contribution < 1.29 is 0 Å². The molecule has 1 saturated carbocycles. The number of hydrogen-bond acceptors (Lipinski definition) is 2. The van der Waals surface area contributed by atoms with Crippen LogP contribution >= 0.6 is 0 Å². The summed E-state index contributed by atoms with van der Waals surface area (Å²) in [5.41, 5.74) is 5.25. The van der Waals surface area contributed by atoms with Crippen molar-refractivity contribution >= 4 is 10.9 Å². The number of rotatable bonds is 0. The van der Waals surface area contributed by atoms with Crippen LogP contribution in [-0.4, -0.2) is 22.1 Å². The third kappa shape index (κ3) is 1.51. The molecule has 2 fully saturated rings. The Balaban J connectivity index is 1.64. The van der Waals surface area contributed by atoms with E-state index in [4.69, 9.17) is 4.98 Å². The van der Waals surface area contributed by atoms with Crippen LogP contribution in [0.4, 0.5) is 0 Å². The van der Waals surface area contributed by atoms with Gasteiger partial charge in [0, 0.05) is 40.8 Å². The molecule has 1 aromatic rings. The first kappa shape index (κ1) is 12.5. The topological polar surface area (TPSA) is 29.9 Å². The van der Waals surface area contributed by atoms with Gasteiger partial charge in [0.15, 0.2) is 0 Å². The average Bonchev–Trinajstić information content (AvgIpc) is 3.01. The summed E-state index contributed by atoms with van der Waals surface area (Å²) in [4.78, 5) is 5.04. The number of nitrogens with zero attached hydrogens (tertiary/aromatic N) is 2. The summed E-state index contributed by atoms with van der Waals surface area (Å²) in [5.74, 6) is 1.46. The highest BCUT2D eigenvalue weighted by Gasteiger charge is 2.48. The third-order valence-electron chi connectivity index (χ3n) is 6.57. The molecular weight excluding hydrogens is 282 g/mol. The minimum atomic E-state index is 0.637. The zero-order valence-corrected chi connectivity index (χ0v) is 13.2. The largest absolute Gasteiger partial charge is 0.346 e. The van der Waals surface area contributed by atoms with Gasteiger partial charge in [0.05, 0.1) is 11.2 Å². The van der Waals surface area contributed by atoms with E-state index in [0.717, 1.165) is 11.4 Å². The smallest absolute Gasteiger partial charge is 0.0914 e. The molecule has 3 heteroatoms. The van der Waals surface area contributed by atoms with E-state index in [0.29, 0.717) is 18.0 Å². The van der Waals surface area contributed by atoms with Crippen molar-refractivity contribution in [1.29, 1.82) is 0 Å². The first-order chi connectivity index (χ1) is 11.4. The maximum atomic E-state index is 5.04. The van der Waals surface area contributed by atoms with Crippen molar-refractivity contribution in [2.75, 3.05) is 6.54 Å². The predicted molar refractivity (Wildman–Crippen MR) is 91.9 cm³/mol. The predicted octanol–water partition coefficient (Wildman–Crippen LogP) is 3.94. The van der Waals surface area contributed by atoms with Crippen molar-refractivity contribution in [2.24, 2.45) is 5.92 Å². The molecule has 5 heterocycles. The highest BCUT2D eigenvalue weighted by molar-refractivity contribution is 5.98. The summed E-state index contributed by atoms with van der Waals surface area (Å²) in [5, 5.41) is 5.16. The number of nitrogens with one attached hydrogen (secondary N) is 1. The van der Waals surface area contributed by atoms with Crippen LogP contribution < -0.4 is 5.32 Å². The van der Waals surface area contributed by atoms with Gasteiger partial charge in [0.2, 0.25) is 0 Å². The Labute approximate surface area is 136 Å². The van der Waals surface area contributed by atoms with E-state index < -0.39 is 0 Å². The number of hydrogen-bond donors (Lipinski definition) is 1. The summed E-state index contributed by atoms with van der Waals surface area (Å²) in [6.45, 7) is 1.19. The maximum absolute atomic E-state index is 5.04. The second-order valence-corrected chi connectivity index (χ2v) is 7.54. The number of benzene rings is 1. The lowest BCUT2D eigenvalue weighted by molar-refractivity contribution is 0.0859. The molecule has 0 amide bonds. The molecule has 5 aliphatic heterocycles. The summed E-state index contributed by atoms with van der Waals surface area (Å²) in [6, 6.07) is 12.2. The zero-order chi connectivity index (χ0) is 15.0. The molecule has 1 N–H and O–H groups in total. The molecular formula is C20H21N3. The molecule has 0 spiro atoms. The molecule has 7 rings (SSSR count). The van der Waals surface area contributed by atoms with E-state index >= 15 is 0 Å². The number of pyridine rings is 1. The molecule has 0 unspecified atom stereocenters. The summed E-state index contributed by atoms with van der Waals surface area (Å²) < 4.78 is 2.59. The summed E-state index contributed by atoms with van der Waals surface area (Å²) >= 11 is 0. The maximum Gasteiger partial charge on any atom is 0.0914 e. The van der Waals surface area contributed by atoms with Gasteiger partial charge < -0.3 is 9.88 Å². The number of para-hydroxylation sites is 1. The van der Waals surface area contributed by atoms with E-state index in [1.807, 2.05) is 0 Å². The number of aromatic nitrogens is 2.